The average molecular weight is 212 g/mol. The van der Waals surface area contributed by atoms with Gasteiger partial charge < -0.3 is 10.2 Å². The summed E-state index contributed by atoms with van der Waals surface area (Å²) in [5.41, 5.74) is 0.399. The Kier molecular flexibility index (Phi) is 5.07. The van der Waals surface area contributed by atoms with E-state index < -0.39 is 0 Å². The van der Waals surface area contributed by atoms with Crippen LogP contribution in [-0.2, 0) is 0 Å². The number of likely N-dealkylation sites (tertiary alicyclic amines) is 1. The molecule has 1 saturated heterocycles. The Hall–Kier alpha value is -0.0800. The molecule has 0 spiro atoms. The molecule has 0 aromatic rings. The summed E-state index contributed by atoms with van der Waals surface area (Å²) in [4.78, 5) is 2.60. The smallest absolute Gasteiger partial charge is 0.0166 e. The van der Waals surface area contributed by atoms with Crippen LogP contribution in [0.4, 0.5) is 0 Å². The summed E-state index contributed by atoms with van der Waals surface area (Å²) in [6.45, 7) is 14.1. The zero-order chi connectivity index (χ0) is 11.3. The molecule has 15 heavy (non-hydrogen) atoms. The van der Waals surface area contributed by atoms with Crippen LogP contribution in [0.25, 0.3) is 0 Å². The molecule has 0 amide bonds. The minimum absolute atomic E-state index is 0.399. The fourth-order valence-corrected chi connectivity index (χ4v) is 2.07. The van der Waals surface area contributed by atoms with Gasteiger partial charge in [-0.3, -0.25) is 0 Å². The molecule has 0 bridgehead atoms. The second-order valence-corrected chi connectivity index (χ2v) is 6.20. The zero-order valence-electron chi connectivity index (χ0n) is 11.0. The highest BCUT2D eigenvalue weighted by Crippen LogP contribution is 2.12. The van der Waals surface area contributed by atoms with Crippen LogP contribution in [0.1, 0.15) is 47.0 Å². The van der Waals surface area contributed by atoms with Crippen LogP contribution in [0.15, 0.2) is 0 Å². The van der Waals surface area contributed by atoms with Gasteiger partial charge in [-0.05, 0) is 38.3 Å². The van der Waals surface area contributed by atoms with E-state index in [2.05, 4.69) is 37.9 Å². The normalized spacial score (nSPS) is 21.6. The van der Waals surface area contributed by atoms with E-state index in [1.54, 1.807) is 0 Å². The third kappa shape index (κ3) is 6.16. The van der Waals surface area contributed by atoms with E-state index >= 15 is 0 Å². The molecule has 1 fully saturated rings. The second-order valence-electron chi connectivity index (χ2n) is 6.20. The first kappa shape index (κ1) is 13.0. The van der Waals surface area contributed by atoms with Gasteiger partial charge in [0, 0.05) is 19.1 Å². The molecule has 0 radical (unpaired) electrons. The van der Waals surface area contributed by atoms with Gasteiger partial charge in [0.2, 0.25) is 0 Å². The van der Waals surface area contributed by atoms with Crippen molar-refractivity contribution >= 4 is 0 Å². The molecule has 0 aromatic carbocycles. The van der Waals surface area contributed by atoms with E-state index in [4.69, 9.17) is 0 Å². The monoisotopic (exact) mass is 212 g/mol. The van der Waals surface area contributed by atoms with E-state index in [1.807, 2.05) is 0 Å². The topological polar surface area (TPSA) is 15.3 Å². The van der Waals surface area contributed by atoms with E-state index in [0.717, 1.165) is 6.54 Å². The number of nitrogens with zero attached hydrogens (tertiary/aromatic N) is 1. The number of rotatable bonds is 4. The largest absolute Gasteiger partial charge is 0.312 e. The molecule has 2 heteroatoms. The first-order valence-electron chi connectivity index (χ1n) is 6.43. The minimum atomic E-state index is 0.399. The van der Waals surface area contributed by atoms with Crippen LogP contribution in [0.3, 0.4) is 0 Å². The second kappa shape index (κ2) is 5.86. The van der Waals surface area contributed by atoms with Gasteiger partial charge in [0.1, 0.15) is 0 Å². The van der Waals surface area contributed by atoms with Crippen molar-refractivity contribution in [2.24, 2.45) is 5.41 Å². The number of nitrogens with one attached hydrogen (secondary N) is 1. The molecular weight excluding hydrogens is 184 g/mol. The van der Waals surface area contributed by atoms with Crippen LogP contribution >= 0.6 is 0 Å². The summed E-state index contributed by atoms with van der Waals surface area (Å²) >= 11 is 0. The molecule has 0 saturated carbocycles. The summed E-state index contributed by atoms with van der Waals surface area (Å²) < 4.78 is 0. The summed E-state index contributed by atoms with van der Waals surface area (Å²) in [5.74, 6) is 0. The molecule has 2 nitrogen and oxygen atoms in total. The Morgan fingerprint density at radius 2 is 1.73 bits per heavy atom. The molecule has 1 unspecified atom stereocenters. The lowest BCUT2D eigenvalue weighted by molar-refractivity contribution is 0.203. The van der Waals surface area contributed by atoms with Crippen LogP contribution < -0.4 is 5.32 Å². The summed E-state index contributed by atoms with van der Waals surface area (Å²) in [7, 11) is 0. The molecule has 1 rings (SSSR count). The van der Waals surface area contributed by atoms with Crippen LogP contribution in [0, 0.1) is 5.41 Å². The Bertz CT molecular complexity index is 166. The van der Waals surface area contributed by atoms with E-state index in [0.29, 0.717) is 11.5 Å². The summed E-state index contributed by atoms with van der Waals surface area (Å²) in [6.07, 6.45) is 4.22. The van der Waals surface area contributed by atoms with E-state index in [1.165, 1.54) is 38.9 Å². The molecule has 90 valence electrons. The van der Waals surface area contributed by atoms with E-state index in [9.17, 15) is 0 Å². The van der Waals surface area contributed by atoms with Crippen molar-refractivity contribution in [1.29, 1.82) is 0 Å². The molecule has 0 aromatic heterocycles. The molecule has 1 aliphatic rings. The molecule has 0 aliphatic carbocycles. The fraction of sp³-hybridized carbons (Fsp3) is 1.00. The molecule has 1 N–H and O–H groups in total. The number of hydrogen-bond acceptors (Lipinski definition) is 2. The summed E-state index contributed by atoms with van der Waals surface area (Å²) in [6, 6.07) is 0.627. The average Bonchev–Trinajstić information content (AvgIpc) is 2.15. The van der Waals surface area contributed by atoms with Gasteiger partial charge in [0.05, 0.1) is 0 Å². The van der Waals surface area contributed by atoms with Crippen molar-refractivity contribution in [2.75, 3.05) is 26.2 Å². The molecule has 1 aliphatic heterocycles. The van der Waals surface area contributed by atoms with Crippen molar-refractivity contribution in [2.45, 2.75) is 53.0 Å². The van der Waals surface area contributed by atoms with Crippen molar-refractivity contribution in [3.63, 3.8) is 0 Å². The third-order valence-electron chi connectivity index (χ3n) is 2.96. The maximum atomic E-state index is 3.63. The molecular formula is C13H28N2. The van der Waals surface area contributed by atoms with Gasteiger partial charge in [0.25, 0.3) is 0 Å². The quantitative estimate of drug-likeness (QED) is 0.770. The van der Waals surface area contributed by atoms with Crippen LogP contribution in [-0.4, -0.2) is 37.1 Å². The highest BCUT2D eigenvalue weighted by molar-refractivity contribution is 4.74. The van der Waals surface area contributed by atoms with Gasteiger partial charge in [-0.15, -0.1) is 0 Å². The van der Waals surface area contributed by atoms with Crippen LogP contribution in [0.2, 0.25) is 0 Å². The van der Waals surface area contributed by atoms with Gasteiger partial charge in [0.15, 0.2) is 0 Å². The Balaban J connectivity index is 2.14. The first-order valence-corrected chi connectivity index (χ1v) is 6.43. The predicted molar refractivity (Wildman–Crippen MR) is 67.2 cm³/mol. The molecule has 1 atom stereocenters. The minimum Gasteiger partial charge on any atom is -0.312 e. The van der Waals surface area contributed by atoms with E-state index in [-0.39, 0.29) is 0 Å². The third-order valence-corrected chi connectivity index (χ3v) is 2.96. The Morgan fingerprint density at radius 1 is 1.13 bits per heavy atom. The highest BCUT2D eigenvalue weighted by atomic mass is 15.1. The predicted octanol–water partition coefficient (Wildman–Crippen LogP) is 2.50. The fourth-order valence-electron chi connectivity index (χ4n) is 2.07. The maximum Gasteiger partial charge on any atom is 0.0166 e. The highest BCUT2D eigenvalue weighted by Gasteiger charge is 2.15. The van der Waals surface area contributed by atoms with Gasteiger partial charge in [-0.25, -0.2) is 0 Å². The standard InChI is InChI=1S/C13H28N2/c1-12(14-11-13(2,3)4)10-15-8-6-5-7-9-15/h12,14H,5-11H2,1-4H3. The lowest BCUT2D eigenvalue weighted by Gasteiger charge is -2.30. The van der Waals surface area contributed by atoms with Crippen LogP contribution in [0.5, 0.6) is 0 Å². The Morgan fingerprint density at radius 3 is 2.27 bits per heavy atom. The zero-order valence-corrected chi connectivity index (χ0v) is 11.0. The van der Waals surface area contributed by atoms with Crippen molar-refractivity contribution in [3.05, 3.63) is 0 Å². The van der Waals surface area contributed by atoms with Gasteiger partial charge >= 0.3 is 0 Å². The molecule has 1 heterocycles. The lowest BCUT2D eigenvalue weighted by Crippen LogP contribution is -2.43. The SMILES string of the molecule is CC(CN1CCCCC1)NCC(C)(C)C. The van der Waals surface area contributed by atoms with Gasteiger partial charge in [-0.1, -0.05) is 27.2 Å². The number of piperidine rings is 1. The maximum absolute atomic E-state index is 3.63. The first-order chi connectivity index (χ1) is 6.97. The Labute approximate surface area is 95.4 Å². The lowest BCUT2D eigenvalue weighted by atomic mass is 9.96. The van der Waals surface area contributed by atoms with Gasteiger partial charge in [-0.2, -0.15) is 0 Å². The van der Waals surface area contributed by atoms with Crippen molar-refractivity contribution in [3.8, 4) is 0 Å². The van der Waals surface area contributed by atoms with Crippen molar-refractivity contribution in [1.82, 2.24) is 10.2 Å². The van der Waals surface area contributed by atoms with Crippen molar-refractivity contribution < 1.29 is 0 Å². The summed E-state index contributed by atoms with van der Waals surface area (Å²) in [5, 5.41) is 3.63. The number of hydrogen-bond donors (Lipinski definition) is 1.